The van der Waals surface area contributed by atoms with Crippen LogP contribution in [0.2, 0.25) is 0 Å². The number of urea groups is 1. The molecule has 0 spiro atoms. The first-order valence-corrected chi connectivity index (χ1v) is 9.98. The molecule has 1 fully saturated rings. The number of aryl methyl sites for hydroxylation is 1. The van der Waals surface area contributed by atoms with Crippen molar-refractivity contribution < 1.29 is 29.0 Å². The molecule has 1 aromatic carbocycles. The second-order valence-corrected chi connectivity index (χ2v) is 7.29. The lowest BCUT2D eigenvalue weighted by molar-refractivity contribution is -0.141. The number of hydrogen-bond donors (Lipinski definition) is 2. The van der Waals surface area contributed by atoms with Crippen LogP contribution in [0.3, 0.4) is 0 Å². The van der Waals surface area contributed by atoms with Crippen LogP contribution in [0.5, 0.6) is 5.75 Å². The Morgan fingerprint density at radius 3 is 2.47 bits per heavy atom. The van der Waals surface area contributed by atoms with Gasteiger partial charge in [-0.3, -0.25) is 19.3 Å². The van der Waals surface area contributed by atoms with Gasteiger partial charge in [0.2, 0.25) is 5.91 Å². The number of carbonyl (C=O) groups excluding carboxylic acids is 3. The van der Waals surface area contributed by atoms with E-state index in [4.69, 9.17) is 9.84 Å². The van der Waals surface area contributed by atoms with Gasteiger partial charge in [0, 0.05) is 13.1 Å². The number of hydrogen-bond acceptors (Lipinski definition) is 5. The number of ether oxygens (including phenoxy) is 1. The molecule has 9 nitrogen and oxygen atoms in total. The molecule has 1 aromatic rings. The van der Waals surface area contributed by atoms with Crippen LogP contribution in [0, 0.1) is 6.92 Å². The molecule has 0 aliphatic carbocycles. The maximum absolute atomic E-state index is 13.3. The molecule has 2 N–H and O–H groups in total. The summed E-state index contributed by atoms with van der Waals surface area (Å²) in [7, 11) is 1.56. The van der Waals surface area contributed by atoms with E-state index in [0.29, 0.717) is 30.7 Å². The first kappa shape index (κ1) is 23.2. The lowest BCUT2D eigenvalue weighted by atomic mass is 9.86. The van der Waals surface area contributed by atoms with Gasteiger partial charge >= 0.3 is 12.0 Å². The van der Waals surface area contributed by atoms with E-state index in [1.165, 1.54) is 4.90 Å². The van der Waals surface area contributed by atoms with Crippen LogP contribution < -0.4 is 10.1 Å². The zero-order chi connectivity index (χ0) is 22.5. The Balaban J connectivity index is 2.26. The van der Waals surface area contributed by atoms with Crippen LogP contribution in [-0.4, -0.2) is 65.5 Å². The third-order valence-electron chi connectivity index (χ3n) is 5.33. The van der Waals surface area contributed by atoms with Crippen LogP contribution >= 0.6 is 0 Å². The lowest BCUT2D eigenvalue weighted by Gasteiger charge is -2.27. The fourth-order valence-corrected chi connectivity index (χ4v) is 3.65. The molecule has 4 amide bonds. The standard InChI is InChI=1S/C21H29N3O6/c1-5-10-23(11-9-18(26)27)17(25)13-24-19(28)21(6-2,22-20(24)29)15-7-8-16(30-4)14(3)12-15/h7-8,12H,5-6,9-11,13H2,1-4H3,(H,22,29)(H,26,27). The number of imide groups is 1. The van der Waals surface area contributed by atoms with Crippen molar-refractivity contribution in [1.29, 1.82) is 0 Å². The van der Waals surface area contributed by atoms with E-state index in [2.05, 4.69) is 5.32 Å². The first-order chi connectivity index (χ1) is 14.2. The molecule has 9 heteroatoms. The summed E-state index contributed by atoms with van der Waals surface area (Å²) in [5.74, 6) is -1.30. The summed E-state index contributed by atoms with van der Waals surface area (Å²) in [5.41, 5.74) is 0.181. The van der Waals surface area contributed by atoms with Gasteiger partial charge in [-0.25, -0.2) is 4.79 Å². The summed E-state index contributed by atoms with van der Waals surface area (Å²) in [6.07, 6.45) is 0.747. The van der Waals surface area contributed by atoms with Crippen LogP contribution in [-0.2, 0) is 19.9 Å². The first-order valence-electron chi connectivity index (χ1n) is 9.98. The van der Waals surface area contributed by atoms with Crippen molar-refractivity contribution in [3.8, 4) is 5.75 Å². The third kappa shape index (κ3) is 4.55. The number of amides is 4. The molecule has 0 radical (unpaired) electrons. The summed E-state index contributed by atoms with van der Waals surface area (Å²) >= 11 is 0. The molecule has 1 unspecified atom stereocenters. The van der Waals surface area contributed by atoms with Crippen LogP contribution in [0.1, 0.15) is 44.2 Å². The number of nitrogens with zero attached hydrogens (tertiary/aromatic N) is 2. The van der Waals surface area contributed by atoms with E-state index >= 15 is 0 Å². The van der Waals surface area contributed by atoms with Gasteiger partial charge < -0.3 is 20.1 Å². The minimum absolute atomic E-state index is 0.0300. The summed E-state index contributed by atoms with van der Waals surface area (Å²) in [6.45, 7) is 5.46. The fourth-order valence-electron chi connectivity index (χ4n) is 3.65. The Kier molecular flexibility index (Phi) is 7.42. The smallest absolute Gasteiger partial charge is 0.325 e. The Morgan fingerprint density at radius 1 is 1.23 bits per heavy atom. The fraction of sp³-hybridized carbons (Fsp3) is 0.524. The van der Waals surface area contributed by atoms with Crippen molar-refractivity contribution in [2.45, 2.75) is 45.6 Å². The highest BCUT2D eigenvalue weighted by Crippen LogP contribution is 2.34. The second kappa shape index (κ2) is 9.60. The second-order valence-electron chi connectivity index (χ2n) is 7.29. The average molecular weight is 419 g/mol. The molecule has 1 heterocycles. The highest BCUT2D eigenvalue weighted by atomic mass is 16.5. The van der Waals surface area contributed by atoms with Crippen molar-refractivity contribution in [3.63, 3.8) is 0 Å². The van der Waals surface area contributed by atoms with Crippen LogP contribution in [0.15, 0.2) is 18.2 Å². The van der Waals surface area contributed by atoms with Crippen molar-refractivity contribution in [1.82, 2.24) is 15.1 Å². The number of methoxy groups -OCH3 is 1. The van der Waals surface area contributed by atoms with Gasteiger partial charge in [-0.05, 0) is 43.0 Å². The number of aliphatic carboxylic acids is 1. The maximum atomic E-state index is 13.3. The SMILES string of the molecule is CCCN(CCC(=O)O)C(=O)CN1C(=O)NC(CC)(c2ccc(OC)c(C)c2)C1=O. The van der Waals surface area contributed by atoms with E-state index in [-0.39, 0.29) is 13.0 Å². The van der Waals surface area contributed by atoms with Gasteiger partial charge in [-0.2, -0.15) is 0 Å². The molecular weight excluding hydrogens is 390 g/mol. The molecule has 2 rings (SSSR count). The predicted molar refractivity (Wildman–Crippen MR) is 109 cm³/mol. The highest BCUT2D eigenvalue weighted by Gasteiger charge is 2.52. The van der Waals surface area contributed by atoms with E-state index < -0.39 is 35.9 Å². The summed E-state index contributed by atoms with van der Waals surface area (Å²) < 4.78 is 5.27. The Labute approximate surface area is 176 Å². The normalized spacial score (nSPS) is 18.3. The zero-order valence-electron chi connectivity index (χ0n) is 17.9. The van der Waals surface area contributed by atoms with Crippen molar-refractivity contribution >= 4 is 23.8 Å². The Hall–Kier alpha value is -3.10. The van der Waals surface area contributed by atoms with E-state index in [9.17, 15) is 19.2 Å². The van der Waals surface area contributed by atoms with Gasteiger partial charge in [0.05, 0.1) is 13.5 Å². The molecular formula is C21H29N3O6. The van der Waals surface area contributed by atoms with Crippen molar-refractivity contribution in [3.05, 3.63) is 29.3 Å². The van der Waals surface area contributed by atoms with Crippen molar-refractivity contribution in [2.75, 3.05) is 26.7 Å². The molecule has 30 heavy (non-hydrogen) atoms. The molecule has 0 aromatic heterocycles. The quantitative estimate of drug-likeness (QED) is 0.560. The molecule has 0 saturated carbocycles. The largest absolute Gasteiger partial charge is 0.496 e. The topological polar surface area (TPSA) is 116 Å². The van der Waals surface area contributed by atoms with E-state index in [0.717, 1.165) is 10.5 Å². The number of carbonyl (C=O) groups is 4. The van der Waals surface area contributed by atoms with Gasteiger partial charge in [-0.1, -0.05) is 19.9 Å². The summed E-state index contributed by atoms with van der Waals surface area (Å²) in [6, 6.07) is 4.62. The highest BCUT2D eigenvalue weighted by molar-refractivity contribution is 6.09. The number of benzene rings is 1. The number of carboxylic acid groups (broad SMARTS) is 1. The Morgan fingerprint density at radius 2 is 1.93 bits per heavy atom. The maximum Gasteiger partial charge on any atom is 0.325 e. The molecule has 1 aliphatic rings. The minimum Gasteiger partial charge on any atom is -0.496 e. The predicted octanol–water partition coefficient (Wildman–Crippen LogP) is 1.87. The summed E-state index contributed by atoms with van der Waals surface area (Å²) in [4.78, 5) is 51.7. The molecule has 0 bridgehead atoms. The average Bonchev–Trinajstić information content (AvgIpc) is 2.95. The van der Waals surface area contributed by atoms with E-state index in [1.807, 2.05) is 13.8 Å². The van der Waals surface area contributed by atoms with Gasteiger partial charge in [0.25, 0.3) is 5.91 Å². The molecule has 1 atom stereocenters. The molecule has 164 valence electrons. The number of nitrogens with one attached hydrogen (secondary N) is 1. The number of rotatable bonds is 10. The third-order valence-corrected chi connectivity index (χ3v) is 5.33. The van der Waals surface area contributed by atoms with Gasteiger partial charge in [0.15, 0.2) is 0 Å². The van der Waals surface area contributed by atoms with Crippen LogP contribution in [0.4, 0.5) is 4.79 Å². The van der Waals surface area contributed by atoms with Crippen molar-refractivity contribution in [2.24, 2.45) is 0 Å². The summed E-state index contributed by atoms with van der Waals surface area (Å²) in [5, 5.41) is 11.6. The van der Waals surface area contributed by atoms with Crippen LogP contribution in [0.25, 0.3) is 0 Å². The zero-order valence-corrected chi connectivity index (χ0v) is 17.9. The molecule has 1 aliphatic heterocycles. The van der Waals surface area contributed by atoms with Gasteiger partial charge in [-0.15, -0.1) is 0 Å². The molecule has 1 saturated heterocycles. The Bertz CT molecular complexity index is 840. The van der Waals surface area contributed by atoms with E-state index in [1.54, 1.807) is 32.2 Å². The monoisotopic (exact) mass is 419 g/mol. The minimum atomic E-state index is -1.26. The lowest BCUT2D eigenvalue weighted by Crippen LogP contribution is -2.46. The number of carboxylic acids is 1. The van der Waals surface area contributed by atoms with Gasteiger partial charge in [0.1, 0.15) is 17.8 Å².